The molecule has 0 fully saturated rings. The van der Waals surface area contributed by atoms with Crippen LogP contribution in [0.15, 0.2) is 44.1 Å². The highest BCUT2D eigenvalue weighted by molar-refractivity contribution is 7.85. The van der Waals surface area contributed by atoms with Crippen LogP contribution in [-0.4, -0.2) is 18.1 Å². The van der Waals surface area contributed by atoms with Crippen LogP contribution in [0, 0.1) is 0 Å². The topological polar surface area (TPSA) is 63.1 Å². The Kier molecular flexibility index (Phi) is 2.41. The van der Waals surface area contributed by atoms with Crippen molar-refractivity contribution in [2.24, 2.45) is 19.5 Å². The zero-order valence-corrected chi connectivity index (χ0v) is 8.53. The molecule has 1 unspecified atom stereocenters. The van der Waals surface area contributed by atoms with Gasteiger partial charge >= 0.3 is 0 Å². The van der Waals surface area contributed by atoms with Gasteiger partial charge in [-0.25, -0.2) is 0 Å². The number of guanidine groups is 1. The van der Waals surface area contributed by atoms with Crippen molar-refractivity contribution in [2.75, 3.05) is 6.26 Å². The molecule has 0 radical (unpaired) electrons. The van der Waals surface area contributed by atoms with Crippen molar-refractivity contribution >= 4 is 22.7 Å². The summed E-state index contributed by atoms with van der Waals surface area (Å²) >= 11 is 0. The lowest BCUT2D eigenvalue weighted by molar-refractivity contribution is 1.44. The number of nitrogens with zero attached hydrogens (tertiary/aromatic N) is 3. The lowest BCUT2D eigenvalue weighted by atomic mass is 10.2. The van der Waals surface area contributed by atoms with E-state index in [4.69, 9.17) is 5.73 Å². The van der Waals surface area contributed by atoms with Gasteiger partial charge < -0.3 is 5.73 Å². The first-order chi connectivity index (χ1) is 6.75. The molecule has 14 heavy (non-hydrogen) atoms. The van der Waals surface area contributed by atoms with E-state index in [-0.39, 0.29) is 0 Å². The molecule has 5 heteroatoms. The molecule has 1 atom stereocenters. The molecule has 2 rings (SSSR count). The summed E-state index contributed by atoms with van der Waals surface area (Å²) in [6, 6.07) is 9.76. The minimum Gasteiger partial charge on any atom is -0.367 e. The second-order valence-corrected chi connectivity index (χ2v) is 4.05. The van der Waals surface area contributed by atoms with Crippen LogP contribution >= 0.6 is 0 Å². The van der Waals surface area contributed by atoms with Gasteiger partial charge in [0.1, 0.15) is 0 Å². The Balaban J connectivity index is 2.43. The summed E-state index contributed by atoms with van der Waals surface area (Å²) < 4.78 is 8.34. The lowest BCUT2D eigenvalue weighted by Gasteiger charge is -2.06. The van der Waals surface area contributed by atoms with Gasteiger partial charge in [0.25, 0.3) is 0 Å². The molecule has 4 nitrogen and oxygen atoms in total. The van der Waals surface area contributed by atoms with Crippen LogP contribution in [0.2, 0.25) is 0 Å². The number of hydrogen-bond donors (Lipinski definition) is 1. The van der Waals surface area contributed by atoms with Gasteiger partial charge in [-0.05, 0) is 0 Å². The SMILES string of the molecule is CS1=NC(c2ccccc2)=NC(N)=N1. The van der Waals surface area contributed by atoms with Gasteiger partial charge in [0.05, 0.1) is 0 Å². The molecule has 72 valence electrons. The number of aliphatic imine (C=N–C) groups is 1. The summed E-state index contributed by atoms with van der Waals surface area (Å²) in [5.41, 5.74) is 6.54. The fraction of sp³-hybridized carbons (Fsp3) is 0.111. The number of hydrogen-bond acceptors (Lipinski definition) is 4. The van der Waals surface area contributed by atoms with E-state index >= 15 is 0 Å². The van der Waals surface area contributed by atoms with Crippen LogP contribution in [-0.2, 0) is 10.9 Å². The molecule has 1 aromatic carbocycles. The van der Waals surface area contributed by atoms with E-state index in [1.807, 2.05) is 36.6 Å². The predicted octanol–water partition coefficient (Wildman–Crippen LogP) is 1.11. The molecular formula is C9H10N4S. The van der Waals surface area contributed by atoms with Gasteiger partial charge in [-0.1, -0.05) is 30.3 Å². The minimum absolute atomic E-state index is 0.310. The van der Waals surface area contributed by atoms with E-state index in [1.54, 1.807) is 0 Å². The van der Waals surface area contributed by atoms with Crippen LogP contribution in [0.4, 0.5) is 0 Å². The zero-order chi connectivity index (χ0) is 9.97. The Morgan fingerprint density at radius 3 is 2.57 bits per heavy atom. The Morgan fingerprint density at radius 2 is 1.93 bits per heavy atom. The summed E-state index contributed by atoms with van der Waals surface area (Å²) in [5, 5.41) is 0. The van der Waals surface area contributed by atoms with Gasteiger partial charge in [-0.3, -0.25) is 0 Å². The Morgan fingerprint density at radius 1 is 1.21 bits per heavy atom. The van der Waals surface area contributed by atoms with Crippen molar-refractivity contribution in [2.45, 2.75) is 0 Å². The van der Waals surface area contributed by atoms with Gasteiger partial charge in [0.15, 0.2) is 5.84 Å². The van der Waals surface area contributed by atoms with Crippen molar-refractivity contribution in [3.8, 4) is 0 Å². The van der Waals surface area contributed by atoms with Crippen LogP contribution in [0.5, 0.6) is 0 Å². The van der Waals surface area contributed by atoms with E-state index in [0.717, 1.165) is 5.56 Å². The number of nitrogens with two attached hydrogens (primary N) is 1. The first kappa shape index (κ1) is 9.08. The van der Waals surface area contributed by atoms with Gasteiger partial charge in [-0.15, -0.1) is 0 Å². The van der Waals surface area contributed by atoms with E-state index < -0.39 is 10.9 Å². The fourth-order valence-electron chi connectivity index (χ4n) is 1.13. The average molecular weight is 206 g/mol. The first-order valence-corrected chi connectivity index (χ1v) is 5.66. The van der Waals surface area contributed by atoms with E-state index in [9.17, 15) is 0 Å². The van der Waals surface area contributed by atoms with Crippen molar-refractivity contribution in [3.05, 3.63) is 35.9 Å². The highest BCUT2D eigenvalue weighted by Crippen LogP contribution is 2.07. The second-order valence-electron chi connectivity index (χ2n) is 2.79. The van der Waals surface area contributed by atoms with Gasteiger partial charge in [0.2, 0.25) is 5.96 Å². The maximum atomic E-state index is 5.56. The van der Waals surface area contributed by atoms with Crippen LogP contribution in [0.3, 0.4) is 0 Å². The molecule has 1 aliphatic rings. The zero-order valence-electron chi connectivity index (χ0n) is 7.71. The number of rotatable bonds is 1. The third kappa shape index (κ3) is 1.88. The molecule has 0 saturated heterocycles. The summed E-state index contributed by atoms with van der Waals surface area (Å²) in [4.78, 5) is 4.09. The van der Waals surface area contributed by atoms with Crippen molar-refractivity contribution in [1.82, 2.24) is 0 Å². The standard InChI is InChI=1S/C9H10N4S/c1-14-12-8(11-9(10)13-14)7-5-3-2-4-6-7/h2-6H,1H3,(H2,10,11,12,13). The highest BCUT2D eigenvalue weighted by atomic mass is 32.2. The largest absolute Gasteiger partial charge is 0.367 e. The molecule has 2 N–H and O–H groups in total. The van der Waals surface area contributed by atoms with Gasteiger partial charge in [-0.2, -0.15) is 13.8 Å². The Hall–Kier alpha value is -1.49. The van der Waals surface area contributed by atoms with Crippen molar-refractivity contribution in [3.63, 3.8) is 0 Å². The van der Waals surface area contributed by atoms with Crippen LogP contribution in [0.25, 0.3) is 0 Å². The first-order valence-electron chi connectivity index (χ1n) is 4.12. The van der Waals surface area contributed by atoms with Crippen LogP contribution < -0.4 is 5.73 Å². The molecule has 1 aliphatic heterocycles. The molecule has 0 aliphatic carbocycles. The summed E-state index contributed by atoms with van der Waals surface area (Å²) in [5.74, 6) is 0.980. The lowest BCUT2D eigenvalue weighted by Crippen LogP contribution is -2.16. The summed E-state index contributed by atoms with van der Waals surface area (Å²) in [7, 11) is -0.394. The molecule has 0 spiro atoms. The third-order valence-electron chi connectivity index (χ3n) is 1.70. The quantitative estimate of drug-likeness (QED) is 0.735. The Bertz CT molecular complexity index is 431. The van der Waals surface area contributed by atoms with Crippen molar-refractivity contribution in [1.29, 1.82) is 0 Å². The van der Waals surface area contributed by atoms with E-state index in [1.165, 1.54) is 0 Å². The van der Waals surface area contributed by atoms with E-state index in [0.29, 0.717) is 11.8 Å². The molecular weight excluding hydrogens is 196 g/mol. The molecule has 1 heterocycles. The molecule has 1 aromatic rings. The average Bonchev–Trinajstić information content (AvgIpc) is 2.18. The monoisotopic (exact) mass is 206 g/mol. The number of amidine groups is 1. The predicted molar refractivity (Wildman–Crippen MR) is 60.3 cm³/mol. The maximum Gasteiger partial charge on any atom is 0.229 e. The van der Waals surface area contributed by atoms with Crippen LogP contribution in [0.1, 0.15) is 5.56 Å². The third-order valence-corrected chi connectivity index (χ3v) is 2.59. The molecule has 0 bridgehead atoms. The number of benzene rings is 1. The fourth-order valence-corrected chi connectivity index (χ4v) is 1.88. The van der Waals surface area contributed by atoms with Crippen molar-refractivity contribution < 1.29 is 0 Å². The summed E-state index contributed by atoms with van der Waals surface area (Å²) in [6.07, 6.45) is 1.91. The smallest absolute Gasteiger partial charge is 0.229 e. The minimum atomic E-state index is -0.394. The molecule has 0 saturated carbocycles. The highest BCUT2D eigenvalue weighted by Gasteiger charge is 2.06. The Labute approximate surface area is 84.8 Å². The normalized spacial score (nSPS) is 20.8. The second kappa shape index (κ2) is 3.71. The molecule has 0 aromatic heterocycles. The van der Waals surface area contributed by atoms with Gasteiger partial charge in [0, 0.05) is 22.7 Å². The molecule has 0 amide bonds. The maximum absolute atomic E-state index is 5.56. The summed E-state index contributed by atoms with van der Waals surface area (Å²) in [6.45, 7) is 0. The van der Waals surface area contributed by atoms with E-state index in [2.05, 4.69) is 13.8 Å².